The predicted octanol–water partition coefficient (Wildman–Crippen LogP) is 2.86. The van der Waals surface area contributed by atoms with Crippen LogP contribution in [0.25, 0.3) is 0 Å². The SMILES string of the molecule is CCCC(=O)OC[C@H]1CN(C2CCCC2)S(=O)(=O)c2c(F)cccc2O1. The number of carbonyl (C=O) groups is 1. The lowest BCUT2D eigenvalue weighted by Gasteiger charge is -2.28. The Balaban J connectivity index is 1.92. The van der Waals surface area contributed by atoms with Crippen LogP contribution in [-0.2, 0) is 19.6 Å². The lowest BCUT2D eigenvalue weighted by molar-refractivity contribution is -0.146. The monoisotopic (exact) mass is 385 g/mol. The molecule has 1 aliphatic heterocycles. The molecule has 8 heteroatoms. The first-order valence-electron chi connectivity index (χ1n) is 9.06. The van der Waals surface area contributed by atoms with Crippen molar-refractivity contribution in [2.45, 2.75) is 62.5 Å². The van der Waals surface area contributed by atoms with Gasteiger partial charge < -0.3 is 9.47 Å². The molecule has 1 fully saturated rings. The number of hydrogen-bond donors (Lipinski definition) is 0. The van der Waals surface area contributed by atoms with Crippen LogP contribution in [0, 0.1) is 5.82 Å². The van der Waals surface area contributed by atoms with E-state index in [0.29, 0.717) is 12.8 Å². The summed E-state index contributed by atoms with van der Waals surface area (Å²) in [6.45, 7) is 1.85. The highest BCUT2D eigenvalue weighted by molar-refractivity contribution is 7.89. The summed E-state index contributed by atoms with van der Waals surface area (Å²) < 4.78 is 52.9. The molecular formula is C18H24FNO5S. The molecule has 1 heterocycles. The second-order valence-corrected chi connectivity index (χ2v) is 8.58. The van der Waals surface area contributed by atoms with E-state index in [1.54, 1.807) is 0 Å². The first-order chi connectivity index (χ1) is 12.4. The van der Waals surface area contributed by atoms with Crippen molar-refractivity contribution in [2.75, 3.05) is 13.2 Å². The number of sulfonamides is 1. The van der Waals surface area contributed by atoms with Crippen LogP contribution in [0.1, 0.15) is 45.4 Å². The van der Waals surface area contributed by atoms with Crippen molar-refractivity contribution in [1.82, 2.24) is 4.31 Å². The molecule has 0 saturated heterocycles. The van der Waals surface area contributed by atoms with Gasteiger partial charge in [-0.25, -0.2) is 12.8 Å². The highest BCUT2D eigenvalue weighted by Crippen LogP contribution is 2.37. The third-order valence-corrected chi connectivity index (χ3v) is 6.77. The molecular weight excluding hydrogens is 361 g/mol. The van der Waals surface area contributed by atoms with Gasteiger partial charge in [0.2, 0.25) is 10.0 Å². The summed E-state index contributed by atoms with van der Waals surface area (Å²) in [6.07, 6.45) is 3.66. The van der Waals surface area contributed by atoms with Crippen LogP contribution in [-0.4, -0.2) is 44.0 Å². The van der Waals surface area contributed by atoms with Gasteiger partial charge in [0, 0.05) is 12.5 Å². The average molecular weight is 385 g/mol. The van der Waals surface area contributed by atoms with E-state index < -0.39 is 26.8 Å². The fourth-order valence-corrected chi connectivity index (χ4v) is 5.44. The number of rotatable bonds is 5. The molecule has 6 nitrogen and oxygen atoms in total. The van der Waals surface area contributed by atoms with E-state index in [4.69, 9.17) is 9.47 Å². The summed E-state index contributed by atoms with van der Waals surface area (Å²) in [5.74, 6) is -1.20. The van der Waals surface area contributed by atoms with Crippen molar-refractivity contribution < 1.29 is 27.1 Å². The van der Waals surface area contributed by atoms with Crippen molar-refractivity contribution in [3.05, 3.63) is 24.0 Å². The maximum absolute atomic E-state index is 14.4. The molecule has 3 rings (SSSR count). The van der Waals surface area contributed by atoms with Crippen LogP contribution in [0.15, 0.2) is 23.1 Å². The molecule has 0 unspecified atom stereocenters. The number of benzene rings is 1. The molecule has 0 amide bonds. The molecule has 1 aromatic rings. The van der Waals surface area contributed by atoms with Gasteiger partial charge in [-0.15, -0.1) is 0 Å². The second-order valence-electron chi connectivity index (χ2n) is 6.75. The van der Waals surface area contributed by atoms with Crippen LogP contribution in [0.2, 0.25) is 0 Å². The molecule has 0 aromatic heterocycles. The Kier molecular flexibility index (Phi) is 5.82. The lowest BCUT2D eigenvalue weighted by Crippen LogP contribution is -2.44. The minimum Gasteiger partial charge on any atom is -0.484 e. The predicted molar refractivity (Wildman–Crippen MR) is 92.8 cm³/mol. The van der Waals surface area contributed by atoms with Gasteiger partial charge in [0.15, 0.2) is 4.90 Å². The van der Waals surface area contributed by atoms with E-state index in [0.717, 1.165) is 31.7 Å². The molecule has 0 N–H and O–H groups in total. The normalized spacial score (nSPS) is 23.1. The van der Waals surface area contributed by atoms with Crippen LogP contribution >= 0.6 is 0 Å². The lowest BCUT2D eigenvalue weighted by atomic mass is 10.2. The molecule has 0 bridgehead atoms. The third-order valence-electron chi connectivity index (χ3n) is 4.79. The summed E-state index contributed by atoms with van der Waals surface area (Å²) in [4.78, 5) is 11.2. The minimum atomic E-state index is -4.02. The van der Waals surface area contributed by atoms with Crippen molar-refractivity contribution >= 4 is 16.0 Å². The Morgan fingerprint density at radius 3 is 2.77 bits per heavy atom. The number of ether oxygens (including phenoxy) is 2. The molecule has 0 spiro atoms. The van der Waals surface area contributed by atoms with E-state index in [1.165, 1.54) is 16.4 Å². The first-order valence-corrected chi connectivity index (χ1v) is 10.5. The van der Waals surface area contributed by atoms with Gasteiger partial charge in [0.05, 0.1) is 6.54 Å². The number of carbonyl (C=O) groups excluding carboxylic acids is 1. The highest BCUT2D eigenvalue weighted by atomic mass is 32.2. The topological polar surface area (TPSA) is 72.9 Å². The Labute approximate surface area is 153 Å². The molecule has 144 valence electrons. The van der Waals surface area contributed by atoms with E-state index >= 15 is 0 Å². The van der Waals surface area contributed by atoms with Crippen molar-refractivity contribution in [3.63, 3.8) is 0 Å². The smallest absolute Gasteiger partial charge is 0.305 e. The second kappa shape index (κ2) is 7.92. The van der Waals surface area contributed by atoms with Crippen LogP contribution in [0.4, 0.5) is 4.39 Å². The van der Waals surface area contributed by atoms with Gasteiger partial charge in [-0.05, 0) is 31.4 Å². The summed E-state index contributed by atoms with van der Waals surface area (Å²) in [5, 5.41) is 0. The molecule has 1 aromatic carbocycles. The van der Waals surface area contributed by atoms with Crippen LogP contribution in [0.5, 0.6) is 5.75 Å². The Morgan fingerprint density at radius 2 is 2.08 bits per heavy atom. The Morgan fingerprint density at radius 1 is 1.35 bits per heavy atom. The molecule has 26 heavy (non-hydrogen) atoms. The number of halogens is 1. The van der Waals surface area contributed by atoms with E-state index in [-0.39, 0.29) is 30.9 Å². The van der Waals surface area contributed by atoms with Crippen LogP contribution < -0.4 is 4.74 Å². The minimum absolute atomic E-state index is 0.0259. The zero-order chi connectivity index (χ0) is 18.7. The largest absolute Gasteiger partial charge is 0.484 e. The van der Waals surface area contributed by atoms with Gasteiger partial charge in [-0.3, -0.25) is 4.79 Å². The van der Waals surface area contributed by atoms with Gasteiger partial charge in [-0.2, -0.15) is 4.31 Å². The van der Waals surface area contributed by atoms with Crippen molar-refractivity contribution in [3.8, 4) is 5.75 Å². The first kappa shape index (κ1) is 19.1. The van der Waals surface area contributed by atoms with Gasteiger partial charge >= 0.3 is 5.97 Å². The number of nitrogens with zero attached hydrogens (tertiary/aromatic N) is 1. The Bertz CT molecular complexity index is 761. The van der Waals surface area contributed by atoms with E-state index in [2.05, 4.69) is 0 Å². The standard InChI is InChI=1S/C18H24FNO5S/c1-2-6-17(21)24-12-14-11-20(13-7-3-4-8-13)26(22,23)18-15(19)9-5-10-16(18)25-14/h5,9-10,13-14H,2-4,6-8,11-12H2,1H3/t14-/m1/s1. The Hall–Kier alpha value is -1.67. The zero-order valence-corrected chi connectivity index (χ0v) is 15.6. The zero-order valence-electron chi connectivity index (χ0n) is 14.8. The van der Waals surface area contributed by atoms with Crippen LogP contribution in [0.3, 0.4) is 0 Å². The van der Waals surface area contributed by atoms with Gasteiger partial charge in [0.25, 0.3) is 0 Å². The summed E-state index contributed by atoms with van der Waals surface area (Å²) in [6, 6.07) is 3.79. The quantitative estimate of drug-likeness (QED) is 0.729. The average Bonchev–Trinajstić information content (AvgIpc) is 3.07. The van der Waals surface area contributed by atoms with E-state index in [9.17, 15) is 17.6 Å². The fraction of sp³-hybridized carbons (Fsp3) is 0.611. The maximum Gasteiger partial charge on any atom is 0.305 e. The van der Waals surface area contributed by atoms with Gasteiger partial charge in [0.1, 0.15) is 24.3 Å². The molecule has 1 aliphatic carbocycles. The number of esters is 1. The maximum atomic E-state index is 14.4. The van der Waals surface area contributed by atoms with Crippen molar-refractivity contribution in [2.24, 2.45) is 0 Å². The molecule has 1 saturated carbocycles. The van der Waals surface area contributed by atoms with Gasteiger partial charge in [-0.1, -0.05) is 25.8 Å². The number of fused-ring (bicyclic) bond motifs is 1. The van der Waals surface area contributed by atoms with Crippen molar-refractivity contribution in [1.29, 1.82) is 0 Å². The molecule has 1 atom stereocenters. The van der Waals surface area contributed by atoms with E-state index in [1.807, 2.05) is 6.92 Å². The molecule has 2 aliphatic rings. The summed E-state index contributed by atoms with van der Waals surface area (Å²) in [7, 11) is -4.02. The molecule has 0 radical (unpaired) electrons. The third kappa shape index (κ3) is 3.86. The number of hydrogen-bond acceptors (Lipinski definition) is 5. The highest BCUT2D eigenvalue weighted by Gasteiger charge is 2.41. The summed E-state index contributed by atoms with van der Waals surface area (Å²) >= 11 is 0. The fourth-order valence-electron chi connectivity index (χ4n) is 3.55. The summed E-state index contributed by atoms with van der Waals surface area (Å²) in [5.41, 5.74) is 0.